The van der Waals surface area contributed by atoms with Crippen LogP contribution in [0, 0.1) is 0 Å². The summed E-state index contributed by atoms with van der Waals surface area (Å²) in [5.74, 6) is 0.363. The highest BCUT2D eigenvalue weighted by molar-refractivity contribution is 7.17. The maximum atomic E-state index is 13.2. The zero-order valence-electron chi connectivity index (χ0n) is 15.3. The van der Waals surface area contributed by atoms with E-state index in [1.807, 2.05) is 47.2 Å². The van der Waals surface area contributed by atoms with E-state index >= 15 is 0 Å². The summed E-state index contributed by atoms with van der Waals surface area (Å²) in [5, 5.41) is 8.34. The van der Waals surface area contributed by atoms with Gasteiger partial charge in [0.1, 0.15) is 4.70 Å². The molecule has 0 aliphatic heterocycles. The molecule has 8 heteroatoms. The van der Waals surface area contributed by atoms with Crippen molar-refractivity contribution in [2.24, 2.45) is 0 Å². The Morgan fingerprint density at radius 1 is 1.00 bits per heavy atom. The van der Waals surface area contributed by atoms with Crippen LogP contribution in [0.2, 0.25) is 0 Å². The zero-order chi connectivity index (χ0) is 20.0. The topological polar surface area (TPSA) is 61.3 Å². The second kappa shape index (κ2) is 6.98. The fraction of sp³-hybridized carbons (Fsp3) is 0.0952. The molecule has 4 heterocycles. The van der Waals surface area contributed by atoms with Crippen molar-refractivity contribution in [2.75, 3.05) is 0 Å². The van der Waals surface area contributed by atoms with Crippen LogP contribution in [-0.4, -0.2) is 18.7 Å². The molecule has 0 atom stereocenters. The lowest BCUT2D eigenvalue weighted by atomic mass is 10.1. The van der Waals surface area contributed by atoms with E-state index in [4.69, 9.17) is 0 Å². The molecule has 0 aliphatic carbocycles. The normalized spacial score (nSPS) is 11.4. The van der Waals surface area contributed by atoms with Crippen LogP contribution < -0.4 is 11.2 Å². The minimum Gasteiger partial charge on any atom is -0.270 e. The van der Waals surface area contributed by atoms with Gasteiger partial charge in [-0.3, -0.25) is 9.36 Å². The Labute approximate surface area is 173 Å². The number of aromatic nitrogens is 4. The summed E-state index contributed by atoms with van der Waals surface area (Å²) in [4.78, 5) is 27.3. The summed E-state index contributed by atoms with van der Waals surface area (Å²) >= 11 is 2.92. The molecule has 29 heavy (non-hydrogen) atoms. The molecule has 0 radical (unpaired) electrons. The summed E-state index contributed by atoms with van der Waals surface area (Å²) in [5.41, 5.74) is 2.20. The van der Waals surface area contributed by atoms with E-state index in [0.717, 1.165) is 16.0 Å². The van der Waals surface area contributed by atoms with Gasteiger partial charge in [-0.15, -0.1) is 27.8 Å². The Hall–Kier alpha value is -3.23. The van der Waals surface area contributed by atoms with Gasteiger partial charge in [0.05, 0.1) is 18.6 Å². The number of fused-ring (bicyclic) bond motifs is 3. The van der Waals surface area contributed by atoms with Crippen molar-refractivity contribution in [1.82, 2.24) is 18.7 Å². The Balaban J connectivity index is 1.70. The third-order valence-corrected chi connectivity index (χ3v) is 6.58. The molecule has 0 bridgehead atoms. The van der Waals surface area contributed by atoms with Gasteiger partial charge < -0.3 is 0 Å². The summed E-state index contributed by atoms with van der Waals surface area (Å²) in [6, 6.07) is 13.5. The predicted molar refractivity (Wildman–Crippen MR) is 118 cm³/mol. The number of hydrogen-bond donors (Lipinski definition) is 0. The molecule has 1 aromatic carbocycles. The van der Waals surface area contributed by atoms with E-state index in [0.29, 0.717) is 29.1 Å². The number of thiophene rings is 2. The molecule has 5 aromatic rings. The van der Waals surface area contributed by atoms with Crippen molar-refractivity contribution in [3.8, 4) is 0 Å². The minimum atomic E-state index is -0.254. The van der Waals surface area contributed by atoms with Crippen LogP contribution in [0.15, 0.2) is 69.4 Å². The van der Waals surface area contributed by atoms with Crippen LogP contribution in [0.4, 0.5) is 0 Å². The maximum absolute atomic E-state index is 13.2. The minimum absolute atomic E-state index is 0.122. The van der Waals surface area contributed by atoms with E-state index < -0.39 is 0 Å². The zero-order valence-corrected chi connectivity index (χ0v) is 16.9. The van der Waals surface area contributed by atoms with E-state index in [-0.39, 0.29) is 11.2 Å². The highest BCUT2D eigenvalue weighted by Gasteiger charge is 2.18. The molecule has 4 aromatic heterocycles. The maximum Gasteiger partial charge on any atom is 0.352 e. The molecule has 6 nitrogen and oxygen atoms in total. The highest BCUT2D eigenvalue weighted by atomic mass is 32.1. The molecule has 0 unspecified atom stereocenters. The van der Waals surface area contributed by atoms with Gasteiger partial charge in [-0.25, -0.2) is 13.9 Å². The van der Waals surface area contributed by atoms with E-state index in [9.17, 15) is 9.59 Å². The number of hydrogen-bond acceptors (Lipinski definition) is 5. The van der Waals surface area contributed by atoms with Gasteiger partial charge in [0, 0.05) is 4.88 Å². The molecule has 0 fully saturated rings. The molecular weight excluding hydrogens is 404 g/mol. The van der Waals surface area contributed by atoms with Crippen LogP contribution in [0.5, 0.6) is 0 Å². The molecular formula is C21H16N4O2S2. The predicted octanol–water partition coefficient (Wildman–Crippen LogP) is 3.67. The molecule has 0 spiro atoms. The van der Waals surface area contributed by atoms with Crippen LogP contribution in [-0.2, 0) is 13.1 Å². The van der Waals surface area contributed by atoms with Crippen molar-refractivity contribution >= 4 is 44.7 Å². The van der Waals surface area contributed by atoms with Crippen LogP contribution >= 0.6 is 22.7 Å². The average Bonchev–Trinajstić information content (AvgIpc) is 3.47. The van der Waals surface area contributed by atoms with E-state index in [1.54, 1.807) is 32.4 Å². The van der Waals surface area contributed by atoms with E-state index in [2.05, 4.69) is 11.7 Å². The van der Waals surface area contributed by atoms with Crippen molar-refractivity contribution < 1.29 is 0 Å². The van der Waals surface area contributed by atoms with Crippen LogP contribution in [0.1, 0.15) is 16.0 Å². The van der Waals surface area contributed by atoms with Gasteiger partial charge >= 0.3 is 5.69 Å². The smallest absolute Gasteiger partial charge is 0.270 e. The fourth-order valence-electron chi connectivity index (χ4n) is 3.37. The second-order valence-electron chi connectivity index (χ2n) is 6.63. The molecule has 0 aliphatic rings. The Morgan fingerprint density at radius 3 is 2.55 bits per heavy atom. The quantitative estimate of drug-likeness (QED) is 0.436. The third kappa shape index (κ3) is 2.97. The first-order valence-corrected chi connectivity index (χ1v) is 10.7. The van der Waals surface area contributed by atoms with Crippen molar-refractivity contribution in [2.45, 2.75) is 13.1 Å². The SMILES string of the molecule is C=Cc1ccc(Cn2nc3n(Cc4cccs4)c(=O)c4sccc4n3c2=O)cc1. The lowest BCUT2D eigenvalue weighted by molar-refractivity contribution is 0.655. The second-order valence-corrected chi connectivity index (χ2v) is 8.58. The molecule has 0 saturated heterocycles. The van der Waals surface area contributed by atoms with Gasteiger partial charge in [-0.1, -0.05) is 43.0 Å². The first-order chi connectivity index (χ1) is 14.2. The molecule has 0 saturated carbocycles. The lowest BCUT2D eigenvalue weighted by Gasteiger charge is -2.06. The highest BCUT2D eigenvalue weighted by Crippen LogP contribution is 2.19. The van der Waals surface area contributed by atoms with Gasteiger partial charge in [0.2, 0.25) is 5.78 Å². The fourth-order valence-corrected chi connectivity index (χ4v) is 4.89. The van der Waals surface area contributed by atoms with E-state index in [1.165, 1.54) is 16.0 Å². The molecule has 144 valence electrons. The molecule has 5 rings (SSSR count). The Kier molecular flexibility index (Phi) is 4.30. The van der Waals surface area contributed by atoms with Crippen LogP contribution in [0.25, 0.3) is 22.1 Å². The van der Waals surface area contributed by atoms with Crippen molar-refractivity contribution in [3.63, 3.8) is 0 Å². The number of rotatable bonds is 5. The van der Waals surface area contributed by atoms with Crippen molar-refractivity contribution in [1.29, 1.82) is 0 Å². The van der Waals surface area contributed by atoms with Gasteiger partial charge in [0.25, 0.3) is 5.56 Å². The number of nitrogens with zero attached hydrogens (tertiary/aromatic N) is 4. The first-order valence-electron chi connectivity index (χ1n) is 8.99. The van der Waals surface area contributed by atoms with Crippen molar-refractivity contribution in [3.05, 3.63) is 96.6 Å². The molecule has 0 N–H and O–H groups in total. The van der Waals surface area contributed by atoms with Gasteiger partial charge in [0.15, 0.2) is 0 Å². The molecule has 0 amide bonds. The summed E-state index contributed by atoms with van der Waals surface area (Å²) in [6.45, 7) is 4.48. The Morgan fingerprint density at radius 2 is 1.83 bits per heavy atom. The Bertz CT molecular complexity index is 1450. The lowest BCUT2D eigenvalue weighted by Crippen LogP contribution is -2.26. The van der Waals surface area contributed by atoms with Crippen LogP contribution in [0.3, 0.4) is 0 Å². The monoisotopic (exact) mass is 420 g/mol. The van der Waals surface area contributed by atoms with Gasteiger partial charge in [-0.05, 0) is 34.0 Å². The number of benzene rings is 1. The standard InChI is InChI=1S/C21H16N4O2S2/c1-2-14-5-7-15(8-6-14)12-24-21(27)25-17-9-11-29-18(17)19(26)23(20(25)22-24)13-16-4-3-10-28-16/h2-11H,1,12-13H2. The summed E-state index contributed by atoms with van der Waals surface area (Å²) in [7, 11) is 0. The third-order valence-electron chi connectivity index (χ3n) is 4.83. The first kappa shape index (κ1) is 17.8. The summed E-state index contributed by atoms with van der Waals surface area (Å²) < 4.78 is 5.10. The average molecular weight is 421 g/mol. The summed E-state index contributed by atoms with van der Waals surface area (Å²) in [6.07, 6.45) is 1.78. The largest absolute Gasteiger partial charge is 0.352 e. The van der Waals surface area contributed by atoms with Gasteiger partial charge in [-0.2, -0.15) is 0 Å².